The van der Waals surface area contributed by atoms with E-state index in [9.17, 15) is 4.79 Å². The summed E-state index contributed by atoms with van der Waals surface area (Å²) < 4.78 is 7.44. The highest BCUT2D eigenvalue weighted by Crippen LogP contribution is 2.38. The van der Waals surface area contributed by atoms with Crippen molar-refractivity contribution in [3.63, 3.8) is 0 Å². The minimum absolute atomic E-state index is 0.0309. The quantitative estimate of drug-likeness (QED) is 0.316. The molecule has 0 amide bonds. The average Bonchev–Trinajstić information content (AvgIpc) is 2.92. The van der Waals surface area contributed by atoms with Crippen LogP contribution in [0.15, 0.2) is 12.2 Å². The molecule has 4 heteroatoms. The molecule has 3 nitrogen and oxygen atoms in total. The number of rotatable bonds is 10. The molecule has 0 heterocycles. The van der Waals surface area contributed by atoms with Crippen molar-refractivity contribution in [2.24, 2.45) is 0 Å². The molecule has 0 aromatic carbocycles. The smallest absolute Gasteiger partial charge is 0.192 e. The molecule has 1 atom stereocenters. The van der Waals surface area contributed by atoms with E-state index in [1.54, 1.807) is 6.08 Å². The highest BCUT2D eigenvalue weighted by atomic mass is 28.4. The van der Waals surface area contributed by atoms with Gasteiger partial charge in [-0.25, -0.2) is 0 Å². The summed E-state index contributed by atoms with van der Waals surface area (Å²) in [6.07, 6.45) is 9.43. The van der Waals surface area contributed by atoms with Gasteiger partial charge in [-0.3, -0.25) is 4.79 Å². The first-order valence-corrected chi connectivity index (χ1v) is 14.1. The molecule has 0 saturated heterocycles. The molecule has 0 aliphatic heterocycles. The van der Waals surface area contributed by atoms with E-state index >= 15 is 0 Å². The first kappa shape index (κ1) is 26.5. The number of ketones is 1. The molecule has 1 aliphatic carbocycles. The number of hydrogen-bond donors (Lipinski definition) is 0. The van der Waals surface area contributed by atoms with Crippen molar-refractivity contribution in [1.82, 2.24) is 0 Å². The lowest BCUT2D eigenvalue weighted by Crippen LogP contribution is -2.50. The molecule has 1 rings (SSSR count). The lowest BCUT2D eigenvalue weighted by molar-refractivity contribution is -0.928. The van der Waals surface area contributed by atoms with Crippen LogP contribution in [0.3, 0.4) is 0 Å². The van der Waals surface area contributed by atoms with Crippen LogP contribution in [0.4, 0.5) is 0 Å². The van der Waals surface area contributed by atoms with Gasteiger partial charge in [-0.15, -0.1) is 0 Å². The van der Waals surface area contributed by atoms with E-state index in [1.165, 1.54) is 56.3 Å². The molecule has 0 aromatic rings. The number of nitrogens with zero attached hydrogens (tertiary/aromatic N) is 1. The topological polar surface area (TPSA) is 26.3 Å². The van der Waals surface area contributed by atoms with Gasteiger partial charge in [0.15, 0.2) is 14.1 Å². The normalized spacial score (nSPS) is 17.8. The second-order valence-electron chi connectivity index (χ2n) is 9.68. The van der Waals surface area contributed by atoms with Crippen LogP contribution in [0.5, 0.6) is 0 Å². The van der Waals surface area contributed by atoms with Gasteiger partial charge in [-0.2, -0.15) is 0 Å². The van der Waals surface area contributed by atoms with Gasteiger partial charge in [0, 0.05) is 6.42 Å². The molecule has 27 heavy (non-hydrogen) atoms. The van der Waals surface area contributed by atoms with Gasteiger partial charge in [0.1, 0.15) is 0 Å². The third-order valence-electron chi connectivity index (χ3n) is 5.94. The van der Waals surface area contributed by atoms with Gasteiger partial charge in [0.05, 0.1) is 32.3 Å². The van der Waals surface area contributed by atoms with Crippen molar-refractivity contribution in [3.05, 3.63) is 12.2 Å². The zero-order valence-corrected chi connectivity index (χ0v) is 20.9. The van der Waals surface area contributed by atoms with Crippen molar-refractivity contribution in [2.75, 3.05) is 26.2 Å². The fraction of sp³-hybridized carbons (Fsp3) is 0.870. The molecule has 1 aliphatic rings. The Morgan fingerprint density at radius 3 is 1.63 bits per heavy atom. The van der Waals surface area contributed by atoms with Crippen LogP contribution < -0.4 is 0 Å². The first-order chi connectivity index (χ1) is 12.5. The Kier molecular flexibility index (Phi) is 12.0. The molecule has 0 N–H and O–H groups in total. The predicted molar refractivity (Wildman–Crippen MR) is 122 cm³/mol. The van der Waals surface area contributed by atoms with E-state index in [-0.39, 0.29) is 16.9 Å². The summed E-state index contributed by atoms with van der Waals surface area (Å²) in [5.74, 6) is 0.189. The van der Waals surface area contributed by atoms with Crippen molar-refractivity contribution < 1.29 is 13.7 Å². The maximum atomic E-state index is 11.0. The number of hydrogen-bond acceptors (Lipinski definition) is 2. The van der Waals surface area contributed by atoms with Crippen LogP contribution >= 0.6 is 0 Å². The Hall–Kier alpha value is -0.453. The van der Waals surface area contributed by atoms with Gasteiger partial charge in [-0.05, 0) is 49.9 Å². The molecule has 160 valence electrons. The van der Waals surface area contributed by atoms with Crippen molar-refractivity contribution in [1.29, 1.82) is 0 Å². The summed E-state index contributed by atoms with van der Waals surface area (Å²) in [4.78, 5) is 11.0. The van der Waals surface area contributed by atoms with E-state index in [4.69, 9.17) is 4.43 Å². The highest BCUT2D eigenvalue weighted by molar-refractivity contribution is 6.74. The van der Waals surface area contributed by atoms with Crippen LogP contribution in [-0.4, -0.2) is 50.9 Å². The van der Waals surface area contributed by atoms with Gasteiger partial charge in [0.2, 0.25) is 0 Å². The summed E-state index contributed by atoms with van der Waals surface area (Å²) in [5, 5.41) is 0.215. The molecule has 0 radical (unpaired) electrons. The van der Waals surface area contributed by atoms with E-state index in [1.807, 2.05) is 6.08 Å². The fourth-order valence-corrected chi connectivity index (χ4v) is 5.03. The second kappa shape index (κ2) is 12.2. The first-order valence-electron chi connectivity index (χ1n) is 11.2. The summed E-state index contributed by atoms with van der Waals surface area (Å²) in [7, 11) is -1.70. The zero-order chi connectivity index (χ0) is 21.1. The van der Waals surface area contributed by atoms with Crippen LogP contribution in [0.25, 0.3) is 0 Å². The highest BCUT2D eigenvalue weighted by Gasteiger charge is 2.39. The number of carbonyl (C=O) groups is 1. The van der Waals surface area contributed by atoms with Crippen LogP contribution in [0.2, 0.25) is 18.1 Å². The van der Waals surface area contributed by atoms with Crippen LogP contribution in [-0.2, 0) is 9.22 Å². The summed E-state index contributed by atoms with van der Waals surface area (Å²) >= 11 is 0. The molecule has 0 fully saturated rings. The molecule has 0 unspecified atom stereocenters. The molecular formula is C23H48NO2Si+. The molecule has 0 aromatic heterocycles. The van der Waals surface area contributed by atoms with Gasteiger partial charge >= 0.3 is 0 Å². The maximum absolute atomic E-state index is 11.0. The standard InChI is InChI=1S/C12H28N.C11H20O2Si/c1-5-9-13(10-6-2,11-7-3)12-8-4;1-11(2,3)14(4,5)13-10-7-6-9(12)8-10/h5-12H2,1-4H3;6-7,10H,8H2,1-5H3/q+1;/t;10-/m.0/s1. The SMILES string of the molecule is CC(C)(C)[Si](C)(C)O[C@H]1C=CC(=O)C1.CCC[N+](CCC)(CCC)CCC. The molecular weight excluding hydrogens is 350 g/mol. The third kappa shape index (κ3) is 9.53. The van der Waals surface area contributed by atoms with E-state index in [0.717, 1.165) is 0 Å². The maximum Gasteiger partial charge on any atom is 0.192 e. The summed E-state index contributed by atoms with van der Waals surface area (Å²) in [6, 6.07) is 0. The summed E-state index contributed by atoms with van der Waals surface area (Å²) in [5.41, 5.74) is 0. The third-order valence-corrected chi connectivity index (χ3v) is 10.4. The van der Waals surface area contributed by atoms with Crippen LogP contribution in [0.1, 0.15) is 80.6 Å². The Labute approximate surface area is 171 Å². The fourth-order valence-electron chi connectivity index (χ4n) is 3.75. The Bertz CT molecular complexity index is 422. The van der Waals surface area contributed by atoms with Gasteiger partial charge in [-0.1, -0.05) is 54.5 Å². The lowest BCUT2D eigenvalue weighted by Gasteiger charge is -2.38. The summed E-state index contributed by atoms with van der Waals surface area (Å²) in [6.45, 7) is 25.8. The minimum atomic E-state index is -1.70. The Morgan fingerprint density at radius 1 is 0.963 bits per heavy atom. The number of quaternary nitrogens is 1. The number of carbonyl (C=O) groups excluding carboxylic acids is 1. The van der Waals surface area contributed by atoms with Gasteiger partial charge in [0.25, 0.3) is 0 Å². The monoisotopic (exact) mass is 398 g/mol. The van der Waals surface area contributed by atoms with Crippen molar-refractivity contribution >= 4 is 14.1 Å². The Balaban J connectivity index is 0.000000503. The zero-order valence-electron chi connectivity index (χ0n) is 19.9. The van der Waals surface area contributed by atoms with E-state index < -0.39 is 8.32 Å². The van der Waals surface area contributed by atoms with Crippen LogP contribution in [0, 0.1) is 0 Å². The Morgan fingerprint density at radius 2 is 1.37 bits per heavy atom. The van der Waals surface area contributed by atoms with Gasteiger partial charge < -0.3 is 8.91 Å². The average molecular weight is 399 g/mol. The number of allylic oxidation sites excluding steroid dienone is 1. The van der Waals surface area contributed by atoms with Crippen molar-refractivity contribution in [2.45, 2.75) is 105 Å². The molecule has 0 bridgehead atoms. The molecule has 0 saturated carbocycles. The van der Waals surface area contributed by atoms with Crippen molar-refractivity contribution in [3.8, 4) is 0 Å². The van der Waals surface area contributed by atoms with E-state index in [0.29, 0.717) is 6.42 Å². The lowest BCUT2D eigenvalue weighted by atomic mass is 10.2. The largest absolute Gasteiger partial charge is 0.410 e. The minimum Gasteiger partial charge on any atom is -0.410 e. The molecule has 0 spiro atoms. The second-order valence-corrected chi connectivity index (χ2v) is 14.4. The van der Waals surface area contributed by atoms with E-state index in [2.05, 4.69) is 61.6 Å². The predicted octanol–water partition coefficient (Wildman–Crippen LogP) is 6.35.